The molecule has 6 amide bonds. The van der Waals surface area contributed by atoms with Crippen molar-refractivity contribution < 1.29 is 38.6 Å². The zero-order chi connectivity index (χ0) is 39.5. The Labute approximate surface area is 315 Å². The van der Waals surface area contributed by atoms with Crippen LogP contribution in [0.4, 0.5) is 4.79 Å². The summed E-state index contributed by atoms with van der Waals surface area (Å²) in [7, 11) is 0. The van der Waals surface area contributed by atoms with E-state index in [2.05, 4.69) is 41.9 Å². The molecule has 292 valence electrons. The molecule has 8 N–H and O–H groups in total. The quantitative estimate of drug-likeness (QED) is 0.0717. The number of nitrogens with one attached hydrogen (secondary N) is 7. The molecule has 0 aliphatic carbocycles. The zero-order valence-corrected chi connectivity index (χ0v) is 31.1. The maximum atomic E-state index is 14.0. The highest BCUT2D eigenvalue weighted by Crippen LogP contribution is 2.11. The summed E-state index contributed by atoms with van der Waals surface area (Å²) in [5.41, 5.74) is 2.02. The maximum Gasteiger partial charge on any atom is 0.408 e. The number of alkyl carbamates (subject to hydrolysis) is 1. The van der Waals surface area contributed by atoms with Crippen LogP contribution in [-0.2, 0) is 48.2 Å². The van der Waals surface area contributed by atoms with Gasteiger partial charge in [-0.15, -0.1) is 0 Å². The van der Waals surface area contributed by atoms with Gasteiger partial charge in [-0.25, -0.2) is 9.78 Å². The first-order chi connectivity index (χ1) is 25.9. The second kappa shape index (κ2) is 22.5. The summed E-state index contributed by atoms with van der Waals surface area (Å²) in [6, 6.07) is 13.5. The molecule has 0 fully saturated rings. The Kier molecular flexibility index (Phi) is 17.8. The molecule has 16 nitrogen and oxygen atoms in total. The van der Waals surface area contributed by atoms with E-state index in [1.165, 1.54) is 12.5 Å². The third kappa shape index (κ3) is 15.2. The lowest BCUT2D eigenvalue weighted by atomic mass is 9.99. The summed E-state index contributed by atoms with van der Waals surface area (Å²) in [5, 5.41) is 24.6. The van der Waals surface area contributed by atoms with E-state index < -0.39 is 65.7 Å². The first kappa shape index (κ1) is 42.8. The number of ether oxygens (including phenoxy) is 1. The molecule has 1 heterocycles. The van der Waals surface area contributed by atoms with Gasteiger partial charge in [0.1, 0.15) is 30.8 Å². The van der Waals surface area contributed by atoms with E-state index in [0.717, 1.165) is 11.1 Å². The average molecular weight is 749 g/mol. The summed E-state index contributed by atoms with van der Waals surface area (Å²) in [6.07, 6.45) is 2.33. The molecule has 0 saturated heterocycles. The Balaban J connectivity index is 1.79. The maximum absolute atomic E-state index is 14.0. The van der Waals surface area contributed by atoms with Crippen LogP contribution in [0.25, 0.3) is 0 Å². The number of carbonyl (C=O) groups is 6. The number of nitrogens with zero attached hydrogens (tertiary/aromatic N) is 1. The minimum Gasteiger partial charge on any atom is -0.445 e. The highest BCUT2D eigenvalue weighted by Gasteiger charge is 2.33. The molecule has 2 aromatic carbocycles. The molecule has 16 heteroatoms. The molecule has 0 radical (unpaired) electrons. The van der Waals surface area contributed by atoms with Crippen molar-refractivity contribution in [3.8, 4) is 0 Å². The van der Waals surface area contributed by atoms with Gasteiger partial charge < -0.3 is 41.4 Å². The number of imidazole rings is 1. The van der Waals surface area contributed by atoms with E-state index in [4.69, 9.17) is 9.84 Å². The van der Waals surface area contributed by atoms with Gasteiger partial charge in [0.2, 0.25) is 29.5 Å². The second-order valence-electron chi connectivity index (χ2n) is 13.5. The van der Waals surface area contributed by atoms with Gasteiger partial charge in [0.15, 0.2) is 0 Å². The van der Waals surface area contributed by atoms with Gasteiger partial charge in [0.25, 0.3) is 0 Å². The van der Waals surface area contributed by atoms with Gasteiger partial charge in [-0.1, -0.05) is 88.4 Å². The van der Waals surface area contributed by atoms with Crippen molar-refractivity contribution in [2.75, 3.05) is 19.7 Å². The molecule has 54 heavy (non-hydrogen) atoms. The Morgan fingerprint density at radius 2 is 1.33 bits per heavy atom. The number of hydrogen-bond donors (Lipinski definition) is 8. The predicted octanol–water partition coefficient (Wildman–Crippen LogP) is 0.871. The van der Waals surface area contributed by atoms with Crippen molar-refractivity contribution in [1.82, 2.24) is 41.9 Å². The predicted molar refractivity (Wildman–Crippen MR) is 199 cm³/mol. The smallest absolute Gasteiger partial charge is 0.408 e. The van der Waals surface area contributed by atoms with E-state index in [1.807, 2.05) is 38.1 Å². The van der Waals surface area contributed by atoms with Crippen LogP contribution in [-0.4, -0.2) is 94.6 Å². The summed E-state index contributed by atoms with van der Waals surface area (Å²) in [4.78, 5) is 86.7. The number of benzene rings is 2. The Bertz CT molecular complexity index is 1640. The van der Waals surface area contributed by atoms with E-state index in [1.54, 1.807) is 50.2 Å². The van der Waals surface area contributed by atoms with Crippen molar-refractivity contribution >= 4 is 35.6 Å². The number of amides is 6. The van der Waals surface area contributed by atoms with Gasteiger partial charge in [-0.05, 0) is 29.4 Å². The van der Waals surface area contributed by atoms with Crippen LogP contribution in [0, 0.1) is 11.8 Å². The molecule has 3 rings (SSSR count). The monoisotopic (exact) mass is 748 g/mol. The number of imide groups is 1. The lowest BCUT2D eigenvalue weighted by Crippen LogP contribution is -2.60. The van der Waals surface area contributed by atoms with Crippen LogP contribution in [0.1, 0.15) is 50.9 Å². The Hall–Kier alpha value is -5.61. The standard InChI is InChI=1S/C38H52N8O8/c1-24(2)17-29(36(51)46-33(25(3)4)37(52)45-32(48)21-39-15-16-47)42-35(50)31(19-28-20-40-23-41-28)43-34(49)30(18-26-11-7-5-8-12-26)44-38(53)54-22-27-13-9-6-10-14-27/h5-14,20,23-25,29-31,33,39,47H,15-19,21-22H2,1-4H3,(H,40,41)(H,42,50)(H,43,49)(H,44,53)(H,46,51)(H,45,48,52)/t29-,30-,31-,33-/m0/s1. The van der Waals surface area contributed by atoms with Crippen LogP contribution < -0.4 is 31.9 Å². The van der Waals surface area contributed by atoms with Crippen molar-refractivity contribution in [3.63, 3.8) is 0 Å². The second-order valence-corrected chi connectivity index (χ2v) is 13.5. The first-order valence-electron chi connectivity index (χ1n) is 17.9. The lowest BCUT2D eigenvalue weighted by molar-refractivity contribution is -0.136. The molecular formula is C38H52N8O8. The third-order valence-corrected chi connectivity index (χ3v) is 8.14. The number of carbonyl (C=O) groups excluding carboxylic acids is 6. The molecule has 0 spiro atoms. The summed E-state index contributed by atoms with van der Waals surface area (Å²) in [6.45, 7) is 6.86. The molecule has 0 bridgehead atoms. The highest BCUT2D eigenvalue weighted by atomic mass is 16.5. The number of aliphatic hydroxyl groups excluding tert-OH is 1. The van der Waals surface area contributed by atoms with Crippen molar-refractivity contribution in [2.24, 2.45) is 11.8 Å². The molecule has 3 aromatic rings. The van der Waals surface area contributed by atoms with Gasteiger partial charge in [0.05, 0.1) is 19.5 Å². The fourth-order valence-electron chi connectivity index (χ4n) is 5.37. The van der Waals surface area contributed by atoms with E-state index in [-0.39, 0.29) is 51.5 Å². The van der Waals surface area contributed by atoms with E-state index in [0.29, 0.717) is 5.69 Å². The SMILES string of the molecule is CC(C)C[C@H](NC(=O)[C@H](Cc1cnc[nH]1)NC(=O)[C@H](Cc1ccccc1)NC(=O)OCc1ccccc1)C(=O)N[C@H](C(=O)NC(=O)CNCCO)C(C)C. The normalized spacial score (nSPS) is 13.2. The van der Waals surface area contributed by atoms with E-state index in [9.17, 15) is 28.8 Å². The number of aliphatic hydroxyl groups is 1. The van der Waals surface area contributed by atoms with Gasteiger partial charge in [-0.2, -0.15) is 0 Å². The fraction of sp³-hybridized carbons (Fsp3) is 0.447. The molecule has 0 saturated carbocycles. The highest BCUT2D eigenvalue weighted by molar-refractivity contribution is 6.01. The van der Waals surface area contributed by atoms with Crippen molar-refractivity contribution in [3.05, 3.63) is 90.0 Å². The molecule has 0 aliphatic heterocycles. The van der Waals surface area contributed by atoms with Crippen LogP contribution in [0.3, 0.4) is 0 Å². The van der Waals surface area contributed by atoms with E-state index >= 15 is 0 Å². The van der Waals surface area contributed by atoms with Gasteiger partial charge >= 0.3 is 6.09 Å². The minimum atomic E-state index is -1.23. The zero-order valence-electron chi connectivity index (χ0n) is 31.1. The summed E-state index contributed by atoms with van der Waals surface area (Å²) in [5.74, 6) is -3.89. The fourth-order valence-corrected chi connectivity index (χ4v) is 5.37. The topological polar surface area (TPSA) is 233 Å². The van der Waals surface area contributed by atoms with Crippen LogP contribution in [0.2, 0.25) is 0 Å². The lowest BCUT2D eigenvalue weighted by Gasteiger charge is -2.28. The first-order valence-corrected chi connectivity index (χ1v) is 17.9. The van der Waals surface area contributed by atoms with Crippen molar-refractivity contribution in [1.29, 1.82) is 0 Å². The third-order valence-electron chi connectivity index (χ3n) is 8.14. The molecular weight excluding hydrogens is 696 g/mol. The molecule has 4 atom stereocenters. The largest absolute Gasteiger partial charge is 0.445 e. The summed E-state index contributed by atoms with van der Waals surface area (Å²) < 4.78 is 5.38. The minimum absolute atomic E-state index is 0.0199. The average Bonchev–Trinajstić information content (AvgIpc) is 3.66. The number of H-pyrrole nitrogens is 1. The van der Waals surface area contributed by atoms with Gasteiger partial charge in [-0.3, -0.25) is 29.3 Å². The Morgan fingerprint density at radius 1 is 0.741 bits per heavy atom. The van der Waals surface area contributed by atoms with Crippen LogP contribution in [0.5, 0.6) is 0 Å². The molecule has 1 aromatic heterocycles. The van der Waals surface area contributed by atoms with Crippen LogP contribution in [0.15, 0.2) is 73.2 Å². The molecule has 0 aliphatic rings. The number of hydrogen-bond acceptors (Lipinski definition) is 10. The molecule has 0 unspecified atom stereocenters. The van der Waals surface area contributed by atoms with Gasteiger partial charge in [0, 0.05) is 31.3 Å². The van der Waals surface area contributed by atoms with Crippen LogP contribution >= 0.6 is 0 Å². The summed E-state index contributed by atoms with van der Waals surface area (Å²) >= 11 is 0. The number of aromatic amines is 1. The number of rotatable bonds is 21. The Morgan fingerprint density at radius 3 is 1.91 bits per heavy atom. The number of aromatic nitrogens is 2. The van der Waals surface area contributed by atoms with Crippen molar-refractivity contribution in [2.45, 2.75) is 77.7 Å².